The highest BCUT2D eigenvalue weighted by molar-refractivity contribution is 7.66. The summed E-state index contributed by atoms with van der Waals surface area (Å²) >= 11 is 6.33. The van der Waals surface area contributed by atoms with Gasteiger partial charge in [0.25, 0.3) is 5.91 Å². The Morgan fingerprint density at radius 3 is 2.40 bits per heavy atom. The van der Waals surface area contributed by atoms with E-state index in [0.717, 1.165) is 6.08 Å². The number of halogens is 1. The second-order valence-electron chi connectivity index (χ2n) is 6.17. The maximum absolute atomic E-state index is 11.8. The van der Waals surface area contributed by atoms with E-state index in [1.165, 1.54) is 18.0 Å². The third-order valence-electron chi connectivity index (χ3n) is 3.75. The summed E-state index contributed by atoms with van der Waals surface area (Å²) in [5, 5.41) is 12.8. The van der Waals surface area contributed by atoms with Gasteiger partial charge in [-0.2, -0.15) is 8.62 Å². The molecule has 2 aliphatic rings. The number of amides is 1. The van der Waals surface area contributed by atoms with Gasteiger partial charge in [-0.15, -0.1) is 11.6 Å². The summed E-state index contributed by atoms with van der Waals surface area (Å²) in [6.45, 7) is 4.08. The number of alkyl halides is 1. The summed E-state index contributed by atoms with van der Waals surface area (Å²) in [7, 11) is -16.6. The minimum atomic E-state index is -5.69. The zero-order valence-electron chi connectivity index (χ0n) is 15.0. The minimum absolute atomic E-state index is 0.0695. The number of rotatable bonds is 8. The van der Waals surface area contributed by atoms with Gasteiger partial charge in [0.1, 0.15) is 22.9 Å². The van der Waals surface area contributed by atoms with Crippen molar-refractivity contribution < 1.29 is 61.1 Å². The Morgan fingerprint density at radius 1 is 1.27 bits per heavy atom. The zero-order chi connectivity index (χ0) is 23.1. The maximum Gasteiger partial charge on any atom is 0.490 e. The number of aliphatic hydroxyl groups is 1. The molecule has 172 valence electrons. The lowest BCUT2D eigenvalue weighted by molar-refractivity contribution is -0.117. The Labute approximate surface area is 174 Å². The van der Waals surface area contributed by atoms with Crippen LogP contribution in [0.2, 0.25) is 0 Å². The molecule has 0 aromatic rings. The normalized spacial score (nSPS) is 33.8. The van der Waals surface area contributed by atoms with Crippen LogP contribution in [0.3, 0.4) is 0 Å². The average Bonchev–Trinajstić information content (AvgIpc) is 2.73. The summed E-state index contributed by atoms with van der Waals surface area (Å²) in [6.07, 6.45) is -1.61. The van der Waals surface area contributed by atoms with Gasteiger partial charge in [-0.05, 0) is 6.92 Å². The van der Waals surface area contributed by atoms with Crippen molar-refractivity contribution in [2.24, 2.45) is 0 Å². The second kappa shape index (κ2) is 8.72. The number of nitrogens with zero attached hydrogens (tertiary/aromatic N) is 1. The van der Waals surface area contributed by atoms with Crippen molar-refractivity contribution in [1.29, 1.82) is 0 Å². The average molecular weight is 515 g/mol. The summed E-state index contributed by atoms with van der Waals surface area (Å²) in [5.74, 6) is -0.393. The highest BCUT2D eigenvalue weighted by Crippen LogP contribution is 2.66. The molecule has 6 atom stereocenters. The smallest absolute Gasteiger partial charge is 0.388 e. The van der Waals surface area contributed by atoms with Crippen LogP contribution in [0.4, 0.5) is 0 Å². The molecular formula is C11H18ClN2O13P3. The SMILES string of the molecule is C=C1NC(=O)C=CN1[C@@H]1O[C@H](COP(=O)(O)OP(=O)(O)OP(=O)(O)O)[C@@H](O)[C@@]1(C)Cl. The van der Waals surface area contributed by atoms with Gasteiger partial charge in [0.2, 0.25) is 0 Å². The fourth-order valence-corrected chi connectivity index (χ4v) is 5.85. The number of aliphatic hydroxyl groups excluding tert-OH is 1. The first kappa shape index (κ1) is 25.6. The molecule has 2 unspecified atom stereocenters. The van der Waals surface area contributed by atoms with Crippen LogP contribution in [0, 0.1) is 0 Å². The van der Waals surface area contributed by atoms with Crippen LogP contribution >= 0.6 is 35.1 Å². The number of nitrogens with one attached hydrogen (secondary N) is 1. The maximum atomic E-state index is 11.8. The molecule has 19 heteroatoms. The fourth-order valence-electron chi connectivity index (χ4n) is 2.53. The summed E-state index contributed by atoms with van der Waals surface area (Å²) in [4.78, 5) is 46.7. The molecule has 15 nitrogen and oxygen atoms in total. The summed E-state index contributed by atoms with van der Waals surface area (Å²) < 4.78 is 50.9. The predicted molar refractivity (Wildman–Crippen MR) is 97.0 cm³/mol. The molecule has 30 heavy (non-hydrogen) atoms. The van der Waals surface area contributed by atoms with Gasteiger partial charge in [-0.3, -0.25) is 9.32 Å². The zero-order valence-corrected chi connectivity index (χ0v) is 18.4. The second-order valence-corrected chi connectivity index (χ2v) is 11.4. The third-order valence-corrected chi connectivity index (χ3v) is 7.97. The number of hydrogen-bond donors (Lipinski definition) is 6. The van der Waals surface area contributed by atoms with Gasteiger partial charge in [0.05, 0.1) is 6.61 Å². The lowest BCUT2D eigenvalue weighted by Gasteiger charge is -2.36. The van der Waals surface area contributed by atoms with Crippen molar-refractivity contribution in [3.05, 3.63) is 24.7 Å². The lowest BCUT2D eigenvalue weighted by atomic mass is 10.0. The van der Waals surface area contributed by atoms with E-state index in [2.05, 4.69) is 25.0 Å². The van der Waals surface area contributed by atoms with Crippen molar-refractivity contribution in [3.8, 4) is 0 Å². The molecular weight excluding hydrogens is 496 g/mol. The number of carbonyl (C=O) groups excluding carboxylic acids is 1. The Balaban J connectivity index is 2.07. The van der Waals surface area contributed by atoms with Gasteiger partial charge < -0.3 is 39.6 Å². The molecule has 2 heterocycles. The molecule has 0 radical (unpaired) electrons. The molecule has 6 N–H and O–H groups in total. The number of phosphoric acid groups is 3. The number of phosphoric ester groups is 1. The predicted octanol–water partition coefficient (Wildman–Crippen LogP) is -0.170. The Morgan fingerprint density at radius 2 is 1.87 bits per heavy atom. The molecule has 0 aliphatic carbocycles. The Kier molecular flexibility index (Phi) is 7.45. The van der Waals surface area contributed by atoms with E-state index < -0.39 is 59.3 Å². The van der Waals surface area contributed by atoms with Crippen molar-refractivity contribution in [3.63, 3.8) is 0 Å². The molecule has 1 amide bonds. The third kappa shape index (κ3) is 6.44. The van der Waals surface area contributed by atoms with Crippen LogP contribution in [-0.2, 0) is 36.4 Å². The number of ether oxygens (including phenoxy) is 1. The van der Waals surface area contributed by atoms with E-state index in [1.807, 2.05) is 0 Å². The monoisotopic (exact) mass is 514 g/mol. The van der Waals surface area contributed by atoms with Gasteiger partial charge >= 0.3 is 23.5 Å². The topological polar surface area (TPSA) is 222 Å². The van der Waals surface area contributed by atoms with Crippen LogP contribution in [0.1, 0.15) is 6.92 Å². The first-order chi connectivity index (χ1) is 13.4. The number of carbonyl (C=O) groups is 1. The first-order valence-electron chi connectivity index (χ1n) is 7.71. The van der Waals surface area contributed by atoms with Crippen molar-refractivity contribution in [1.82, 2.24) is 10.2 Å². The van der Waals surface area contributed by atoms with Crippen molar-refractivity contribution >= 4 is 41.0 Å². The van der Waals surface area contributed by atoms with E-state index in [9.17, 15) is 28.5 Å². The number of hydrogen-bond acceptors (Lipinski definition) is 10. The highest BCUT2D eigenvalue weighted by atomic mass is 35.5. The Hall–Kier alpha value is -0.630. The van der Waals surface area contributed by atoms with Gasteiger partial charge in [-0.25, -0.2) is 13.7 Å². The van der Waals surface area contributed by atoms with Crippen molar-refractivity contribution in [2.45, 2.75) is 30.2 Å². The summed E-state index contributed by atoms with van der Waals surface area (Å²) in [6, 6.07) is 0. The molecule has 0 saturated carbocycles. The molecule has 0 aromatic carbocycles. The van der Waals surface area contributed by atoms with Crippen LogP contribution in [-0.4, -0.2) is 65.4 Å². The molecule has 2 aliphatic heterocycles. The molecule has 0 bridgehead atoms. The van der Waals surface area contributed by atoms with Gasteiger partial charge in [0.15, 0.2) is 6.23 Å². The van der Waals surface area contributed by atoms with Crippen LogP contribution < -0.4 is 5.32 Å². The Bertz CT molecular complexity index is 888. The standard InChI is InChI=1S/C11H18ClN2O13P3/c1-6-13-8(15)3-4-14(6)10-11(2,12)9(16)7(25-10)5-24-29(20,21)27-30(22,23)26-28(17,18)19/h3-4,7,9-10,16H,1,5H2,2H3,(H,13,15)(H,20,21)(H,22,23)(H2,17,18,19)/t7-,9-,10-,11-/m1/s1. The van der Waals surface area contributed by atoms with E-state index in [1.54, 1.807) is 0 Å². The fraction of sp³-hybridized carbons (Fsp3) is 0.545. The summed E-state index contributed by atoms with van der Waals surface area (Å²) in [5.41, 5.74) is 0. The van der Waals surface area contributed by atoms with E-state index in [-0.39, 0.29) is 5.82 Å². The molecule has 2 rings (SSSR count). The minimum Gasteiger partial charge on any atom is -0.388 e. The van der Waals surface area contributed by atoms with Gasteiger partial charge in [-0.1, -0.05) is 6.58 Å². The highest BCUT2D eigenvalue weighted by Gasteiger charge is 2.55. The van der Waals surface area contributed by atoms with Crippen molar-refractivity contribution in [2.75, 3.05) is 6.61 Å². The molecule has 0 spiro atoms. The van der Waals surface area contributed by atoms with Crippen LogP contribution in [0.5, 0.6) is 0 Å². The molecule has 0 aromatic heterocycles. The molecule has 1 saturated heterocycles. The van der Waals surface area contributed by atoms with Gasteiger partial charge in [0, 0.05) is 12.3 Å². The van der Waals surface area contributed by atoms with Crippen LogP contribution in [0.15, 0.2) is 24.7 Å². The quantitative estimate of drug-likeness (QED) is 0.183. The first-order valence-corrected chi connectivity index (χ1v) is 12.6. The molecule has 1 fully saturated rings. The van der Waals surface area contributed by atoms with Crippen LogP contribution in [0.25, 0.3) is 0 Å². The van der Waals surface area contributed by atoms with E-state index in [0.29, 0.717) is 0 Å². The largest absolute Gasteiger partial charge is 0.490 e. The lowest BCUT2D eigenvalue weighted by Crippen LogP contribution is -2.50. The van der Waals surface area contributed by atoms with E-state index in [4.69, 9.17) is 31.0 Å². The van der Waals surface area contributed by atoms with E-state index >= 15 is 0 Å².